The Balaban J connectivity index is 1.24. The largest absolute Gasteiger partial charge is 0.378 e. The van der Waals surface area contributed by atoms with Gasteiger partial charge in [-0.2, -0.15) is 0 Å². The van der Waals surface area contributed by atoms with E-state index < -0.39 is 0 Å². The van der Waals surface area contributed by atoms with Gasteiger partial charge in [0, 0.05) is 48.3 Å². The summed E-state index contributed by atoms with van der Waals surface area (Å²) in [5.41, 5.74) is 3.77. The average Bonchev–Trinajstić information content (AvgIpc) is 3.59. The molecule has 3 aromatic rings. The third-order valence-electron chi connectivity index (χ3n) is 7.00. The van der Waals surface area contributed by atoms with Crippen LogP contribution in [-0.4, -0.2) is 58.3 Å². The van der Waals surface area contributed by atoms with Gasteiger partial charge in [0.15, 0.2) is 5.82 Å². The van der Waals surface area contributed by atoms with Crippen LogP contribution in [0.1, 0.15) is 36.9 Å². The highest BCUT2D eigenvalue weighted by atomic mass is 16.5. The Morgan fingerprint density at radius 1 is 0.944 bits per heavy atom. The summed E-state index contributed by atoms with van der Waals surface area (Å²) in [6.07, 6.45) is 8.00. The second-order valence-electron chi connectivity index (χ2n) is 9.46. The molecular formula is C26H30N8O2. The molecule has 10 nitrogen and oxygen atoms in total. The van der Waals surface area contributed by atoms with Crippen molar-refractivity contribution in [2.45, 2.75) is 44.8 Å². The number of amides is 2. The molecule has 2 aromatic heterocycles. The van der Waals surface area contributed by atoms with E-state index in [1.165, 1.54) is 12.8 Å². The molecule has 4 heterocycles. The Morgan fingerprint density at radius 3 is 2.44 bits per heavy atom. The lowest BCUT2D eigenvalue weighted by Gasteiger charge is -2.29. The van der Waals surface area contributed by atoms with Crippen LogP contribution in [0.3, 0.4) is 0 Å². The summed E-state index contributed by atoms with van der Waals surface area (Å²) in [5.74, 6) is 2.32. The van der Waals surface area contributed by atoms with Crippen molar-refractivity contribution in [1.82, 2.24) is 25.3 Å². The first-order valence-electron chi connectivity index (χ1n) is 12.7. The number of rotatable bonds is 5. The summed E-state index contributed by atoms with van der Waals surface area (Å²) in [6, 6.07) is 9.68. The zero-order valence-electron chi connectivity index (χ0n) is 20.2. The van der Waals surface area contributed by atoms with Crippen LogP contribution in [0.4, 0.5) is 22.2 Å². The van der Waals surface area contributed by atoms with Crippen molar-refractivity contribution in [2.24, 2.45) is 0 Å². The molecule has 6 rings (SSSR count). The zero-order chi connectivity index (χ0) is 24.3. The van der Waals surface area contributed by atoms with Gasteiger partial charge in [-0.05, 0) is 43.2 Å². The highest BCUT2D eigenvalue weighted by Crippen LogP contribution is 2.33. The Kier molecular flexibility index (Phi) is 6.33. The molecule has 2 N–H and O–H groups in total. The predicted molar refractivity (Wildman–Crippen MR) is 137 cm³/mol. The summed E-state index contributed by atoms with van der Waals surface area (Å²) in [7, 11) is 0. The smallest absolute Gasteiger partial charge is 0.319 e. The average molecular weight is 487 g/mol. The number of aromatic nitrogens is 4. The van der Waals surface area contributed by atoms with Crippen molar-refractivity contribution in [1.29, 1.82) is 0 Å². The highest BCUT2D eigenvalue weighted by molar-refractivity contribution is 5.89. The molecule has 2 fully saturated rings. The van der Waals surface area contributed by atoms with Crippen LogP contribution in [-0.2, 0) is 17.8 Å². The van der Waals surface area contributed by atoms with Gasteiger partial charge in [0.1, 0.15) is 5.82 Å². The lowest BCUT2D eigenvalue weighted by Crippen LogP contribution is -2.37. The predicted octanol–water partition coefficient (Wildman–Crippen LogP) is 3.35. The molecule has 0 unspecified atom stereocenters. The van der Waals surface area contributed by atoms with Gasteiger partial charge in [-0.3, -0.25) is 0 Å². The van der Waals surface area contributed by atoms with Crippen molar-refractivity contribution in [2.75, 3.05) is 41.4 Å². The molecule has 0 bridgehead atoms. The molecule has 0 atom stereocenters. The summed E-state index contributed by atoms with van der Waals surface area (Å²) in [5, 5.41) is 6.00. The number of fused-ring (bicyclic) bond motifs is 1. The molecule has 10 heteroatoms. The molecule has 0 spiro atoms. The molecule has 36 heavy (non-hydrogen) atoms. The summed E-state index contributed by atoms with van der Waals surface area (Å²) in [6.45, 7) is 4.26. The maximum absolute atomic E-state index is 12.3. The van der Waals surface area contributed by atoms with Gasteiger partial charge in [0.25, 0.3) is 0 Å². The minimum absolute atomic E-state index is 0.152. The maximum atomic E-state index is 12.3. The summed E-state index contributed by atoms with van der Waals surface area (Å²) < 4.78 is 5.58. The van der Waals surface area contributed by atoms with Crippen LogP contribution < -0.4 is 20.4 Å². The Bertz CT molecular complexity index is 1210. The quantitative estimate of drug-likeness (QED) is 0.565. The van der Waals surface area contributed by atoms with E-state index in [2.05, 4.69) is 30.4 Å². The van der Waals surface area contributed by atoms with Crippen LogP contribution in [0.15, 0.2) is 42.7 Å². The number of carbonyl (C=O) groups excluding carboxylic acids is 1. The maximum Gasteiger partial charge on any atom is 0.319 e. The number of nitrogens with one attached hydrogen (secondary N) is 2. The van der Waals surface area contributed by atoms with Gasteiger partial charge >= 0.3 is 6.03 Å². The molecule has 1 saturated heterocycles. The number of hydrogen-bond acceptors (Lipinski definition) is 8. The van der Waals surface area contributed by atoms with Crippen molar-refractivity contribution in [3.63, 3.8) is 0 Å². The fraction of sp³-hybridized carbons (Fsp3) is 0.423. The second kappa shape index (κ2) is 10.1. The number of hydrogen-bond donors (Lipinski definition) is 2. The van der Waals surface area contributed by atoms with E-state index in [1.807, 2.05) is 30.3 Å². The fourth-order valence-electron chi connectivity index (χ4n) is 5.12. The van der Waals surface area contributed by atoms with E-state index in [-0.39, 0.29) is 12.1 Å². The minimum Gasteiger partial charge on any atom is -0.378 e. The monoisotopic (exact) mass is 486 g/mol. The van der Waals surface area contributed by atoms with E-state index in [0.29, 0.717) is 38.1 Å². The van der Waals surface area contributed by atoms with E-state index in [9.17, 15) is 4.79 Å². The third kappa shape index (κ3) is 4.81. The Hall–Kier alpha value is -3.79. The highest BCUT2D eigenvalue weighted by Gasteiger charge is 2.30. The van der Waals surface area contributed by atoms with E-state index in [1.54, 1.807) is 12.4 Å². The van der Waals surface area contributed by atoms with Crippen LogP contribution in [0.25, 0.3) is 11.4 Å². The number of nitrogens with zero attached hydrogens (tertiary/aromatic N) is 6. The van der Waals surface area contributed by atoms with Gasteiger partial charge in [-0.1, -0.05) is 12.8 Å². The summed E-state index contributed by atoms with van der Waals surface area (Å²) >= 11 is 0. The first-order valence-corrected chi connectivity index (χ1v) is 12.7. The number of benzene rings is 1. The van der Waals surface area contributed by atoms with Gasteiger partial charge in [-0.15, -0.1) is 0 Å². The lowest BCUT2D eigenvalue weighted by atomic mass is 10.1. The van der Waals surface area contributed by atoms with E-state index in [4.69, 9.17) is 14.7 Å². The standard InChI is InChI=1S/C26H30N8O2/c35-26(29-19-4-1-2-5-19)30-20-8-6-18(7-9-20)23-31-22-17-34(25-27-10-3-11-28-25)16-21(22)24(32-23)33-12-14-36-15-13-33/h3,6-11,19H,1-2,4-5,12-17H2,(H2,29,30,35). The van der Waals surface area contributed by atoms with E-state index in [0.717, 1.165) is 54.3 Å². The molecule has 2 amide bonds. The lowest BCUT2D eigenvalue weighted by molar-refractivity contribution is 0.122. The van der Waals surface area contributed by atoms with Crippen LogP contribution in [0, 0.1) is 0 Å². The van der Waals surface area contributed by atoms with Gasteiger partial charge in [-0.25, -0.2) is 24.7 Å². The molecule has 1 aromatic carbocycles. The first-order chi connectivity index (χ1) is 17.7. The topological polar surface area (TPSA) is 108 Å². The van der Waals surface area contributed by atoms with Gasteiger partial charge in [0.2, 0.25) is 5.95 Å². The SMILES string of the molecule is O=C(Nc1ccc(-c2nc3c(c(N4CCOCC4)n2)CN(c2ncccn2)C3)cc1)NC1CCCC1. The molecule has 0 radical (unpaired) electrons. The van der Waals surface area contributed by atoms with E-state index >= 15 is 0 Å². The second-order valence-corrected chi connectivity index (χ2v) is 9.46. The third-order valence-corrected chi connectivity index (χ3v) is 7.00. The molecular weight excluding hydrogens is 456 g/mol. The molecule has 1 saturated carbocycles. The summed E-state index contributed by atoms with van der Waals surface area (Å²) in [4.78, 5) is 35.6. The fourth-order valence-corrected chi connectivity index (χ4v) is 5.12. The minimum atomic E-state index is -0.152. The normalized spacial score (nSPS) is 17.8. The number of carbonyl (C=O) groups is 1. The Morgan fingerprint density at radius 2 is 1.69 bits per heavy atom. The van der Waals surface area contributed by atoms with Crippen molar-refractivity contribution >= 4 is 23.5 Å². The van der Waals surface area contributed by atoms with Gasteiger partial charge < -0.3 is 25.2 Å². The van der Waals surface area contributed by atoms with Gasteiger partial charge in [0.05, 0.1) is 32.0 Å². The first kappa shape index (κ1) is 22.7. The Labute approximate surface area is 210 Å². The van der Waals surface area contributed by atoms with Crippen LogP contribution >= 0.6 is 0 Å². The van der Waals surface area contributed by atoms with Crippen molar-refractivity contribution in [3.8, 4) is 11.4 Å². The van der Waals surface area contributed by atoms with Crippen LogP contribution in [0.2, 0.25) is 0 Å². The number of ether oxygens (including phenoxy) is 1. The number of morpholine rings is 1. The molecule has 2 aliphatic heterocycles. The molecule has 1 aliphatic carbocycles. The van der Waals surface area contributed by atoms with Crippen LogP contribution in [0.5, 0.6) is 0 Å². The number of anilines is 3. The molecule has 3 aliphatic rings. The van der Waals surface area contributed by atoms with Crippen molar-refractivity contribution in [3.05, 3.63) is 54.0 Å². The number of urea groups is 1. The zero-order valence-corrected chi connectivity index (χ0v) is 20.2. The van der Waals surface area contributed by atoms with Crippen molar-refractivity contribution < 1.29 is 9.53 Å². The molecule has 186 valence electrons.